The van der Waals surface area contributed by atoms with Gasteiger partial charge in [0.2, 0.25) is 0 Å². The highest BCUT2D eigenvalue weighted by Gasteiger charge is 2.35. The zero-order chi connectivity index (χ0) is 21.8. The van der Waals surface area contributed by atoms with Crippen molar-refractivity contribution >= 4 is 40.6 Å². The van der Waals surface area contributed by atoms with Gasteiger partial charge in [0.15, 0.2) is 11.5 Å². The zero-order valence-electron chi connectivity index (χ0n) is 16.9. The van der Waals surface area contributed by atoms with Crippen LogP contribution in [0.25, 0.3) is 6.08 Å². The van der Waals surface area contributed by atoms with Crippen molar-refractivity contribution in [3.8, 4) is 17.2 Å². The fourth-order valence-electron chi connectivity index (χ4n) is 2.90. The predicted molar refractivity (Wildman–Crippen MR) is 118 cm³/mol. The highest BCUT2D eigenvalue weighted by atomic mass is 35.5. The topological polar surface area (TPSA) is 76.1 Å². The molecule has 0 radical (unpaired) electrons. The number of phenols is 1. The SMILES string of the molecule is CCOc1cc(/C=C2\SC(=O)N(CCOc3cc(C)ccc3C)C2=O)cc(Cl)c1O. The first-order chi connectivity index (χ1) is 14.3. The lowest BCUT2D eigenvalue weighted by molar-refractivity contribution is -0.123. The van der Waals surface area contributed by atoms with Crippen LogP contribution in [0.1, 0.15) is 23.6 Å². The van der Waals surface area contributed by atoms with E-state index in [4.69, 9.17) is 21.1 Å². The van der Waals surface area contributed by atoms with Gasteiger partial charge in [0.05, 0.1) is 23.1 Å². The third kappa shape index (κ3) is 4.91. The summed E-state index contributed by atoms with van der Waals surface area (Å²) in [5.74, 6) is 0.404. The summed E-state index contributed by atoms with van der Waals surface area (Å²) in [4.78, 5) is 26.4. The van der Waals surface area contributed by atoms with Gasteiger partial charge in [-0.1, -0.05) is 23.7 Å². The van der Waals surface area contributed by atoms with Crippen LogP contribution in [0.5, 0.6) is 17.2 Å². The summed E-state index contributed by atoms with van der Waals surface area (Å²) in [6.07, 6.45) is 1.56. The van der Waals surface area contributed by atoms with E-state index in [2.05, 4.69) is 0 Å². The molecule has 2 aromatic carbocycles. The summed E-state index contributed by atoms with van der Waals surface area (Å²) in [6.45, 7) is 6.40. The van der Waals surface area contributed by atoms with E-state index < -0.39 is 5.91 Å². The fourth-order valence-corrected chi connectivity index (χ4v) is 3.98. The number of carbonyl (C=O) groups excluding carboxylic acids is 2. The van der Waals surface area contributed by atoms with Crippen molar-refractivity contribution in [2.24, 2.45) is 0 Å². The molecule has 158 valence electrons. The fraction of sp³-hybridized carbons (Fsp3) is 0.273. The molecule has 0 spiro atoms. The van der Waals surface area contributed by atoms with Crippen LogP contribution in [0, 0.1) is 13.8 Å². The van der Waals surface area contributed by atoms with Crippen molar-refractivity contribution in [3.05, 3.63) is 56.9 Å². The second kappa shape index (κ2) is 9.45. The Bertz CT molecular complexity index is 1020. The minimum absolute atomic E-state index is 0.105. The monoisotopic (exact) mass is 447 g/mol. The molecule has 0 unspecified atom stereocenters. The second-order valence-electron chi connectivity index (χ2n) is 6.73. The van der Waals surface area contributed by atoms with Gasteiger partial charge in [-0.05, 0) is 73.5 Å². The van der Waals surface area contributed by atoms with Crippen LogP contribution in [0.15, 0.2) is 35.2 Å². The Morgan fingerprint density at radius 2 is 1.90 bits per heavy atom. The molecule has 2 aromatic rings. The van der Waals surface area contributed by atoms with Crippen molar-refractivity contribution in [1.29, 1.82) is 0 Å². The molecular formula is C22H22ClNO5S. The first-order valence-electron chi connectivity index (χ1n) is 9.41. The highest BCUT2D eigenvalue weighted by molar-refractivity contribution is 8.18. The molecule has 6 nitrogen and oxygen atoms in total. The average Bonchev–Trinajstić information content (AvgIpc) is 2.96. The maximum Gasteiger partial charge on any atom is 0.293 e. The molecule has 1 fully saturated rings. The Balaban J connectivity index is 1.71. The van der Waals surface area contributed by atoms with Gasteiger partial charge >= 0.3 is 0 Å². The molecule has 30 heavy (non-hydrogen) atoms. The van der Waals surface area contributed by atoms with Crippen LogP contribution >= 0.6 is 23.4 Å². The summed E-state index contributed by atoms with van der Waals surface area (Å²) < 4.78 is 11.1. The number of imide groups is 1. The molecular weight excluding hydrogens is 426 g/mol. The van der Waals surface area contributed by atoms with E-state index >= 15 is 0 Å². The van der Waals surface area contributed by atoms with Gasteiger partial charge in [0.1, 0.15) is 12.4 Å². The summed E-state index contributed by atoms with van der Waals surface area (Å²) in [5.41, 5.74) is 2.62. The van der Waals surface area contributed by atoms with Crippen molar-refractivity contribution in [2.75, 3.05) is 19.8 Å². The summed E-state index contributed by atoms with van der Waals surface area (Å²) in [7, 11) is 0. The molecule has 1 aliphatic rings. The number of rotatable bonds is 7. The lowest BCUT2D eigenvalue weighted by Crippen LogP contribution is -2.32. The normalized spacial score (nSPS) is 15.2. The first-order valence-corrected chi connectivity index (χ1v) is 10.6. The maximum absolute atomic E-state index is 12.7. The van der Waals surface area contributed by atoms with Crippen LogP contribution in [-0.4, -0.2) is 40.9 Å². The number of phenolic OH excluding ortho intramolecular Hbond substituents is 1. The van der Waals surface area contributed by atoms with Gasteiger partial charge in [-0.15, -0.1) is 0 Å². The lowest BCUT2D eigenvalue weighted by Gasteiger charge is -2.14. The van der Waals surface area contributed by atoms with Gasteiger partial charge in [-0.25, -0.2) is 0 Å². The van der Waals surface area contributed by atoms with Crippen LogP contribution in [0.2, 0.25) is 5.02 Å². The Morgan fingerprint density at radius 3 is 2.63 bits per heavy atom. The average molecular weight is 448 g/mol. The molecule has 1 saturated heterocycles. The van der Waals surface area contributed by atoms with Crippen LogP contribution in [0.4, 0.5) is 4.79 Å². The number of hydrogen-bond donors (Lipinski definition) is 1. The van der Waals surface area contributed by atoms with E-state index in [9.17, 15) is 14.7 Å². The second-order valence-corrected chi connectivity index (χ2v) is 8.13. The van der Waals surface area contributed by atoms with Crippen LogP contribution in [0.3, 0.4) is 0 Å². The van der Waals surface area contributed by atoms with E-state index in [0.717, 1.165) is 33.5 Å². The van der Waals surface area contributed by atoms with Crippen LogP contribution in [-0.2, 0) is 4.79 Å². The Labute approximate surface area is 184 Å². The molecule has 0 aromatic heterocycles. The quantitative estimate of drug-likeness (QED) is 0.589. The van der Waals surface area contributed by atoms with Crippen LogP contribution < -0.4 is 9.47 Å². The number of thioether (sulfide) groups is 1. The van der Waals surface area contributed by atoms with Crippen molar-refractivity contribution in [1.82, 2.24) is 4.90 Å². The Hall–Kier alpha value is -2.64. The minimum Gasteiger partial charge on any atom is -0.503 e. The van der Waals surface area contributed by atoms with Gasteiger partial charge in [0.25, 0.3) is 11.1 Å². The number of hydrogen-bond acceptors (Lipinski definition) is 6. The summed E-state index contributed by atoms with van der Waals surface area (Å²) in [5, 5.41) is 9.70. The number of aryl methyl sites for hydroxylation is 2. The van der Waals surface area contributed by atoms with Gasteiger partial charge in [0, 0.05) is 0 Å². The largest absolute Gasteiger partial charge is 0.503 e. The number of carbonyl (C=O) groups is 2. The summed E-state index contributed by atoms with van der Waals surface area (Å²) >= 11 is 6.89. The van der Waals surface area contributed by atoms with E-state index in [1.54, 1.807) is 19.1 Å². The van der Waals surface area contributed by atoms with Gasteiger partial charge < -0.3 is 14.6 Å². The number of halogens is 1. The third-order valence-electron chi connectivity index (χ3n) is 4.44. The molecule has 0 saturated carbocycles. The number of ether oxygens (including phenoxy) is 2. The number of benzene rings is 2. The summed E-state index contributed by atoms with van der Waals surface area (Å²) in [6, 6.07) is 8.97. The number of amides is 2. The Kier molecular flexibility index (Phi) is 6.95. The van der Waals surface area contributed by atoms with Crippen molar-refractivity contribution < 1.29 is 24.2 Å². The van der Waals surface area contributed by atoms with E-state index in [1.165, 1.54) is 6.07 Å². The molecule has 1 aliphatic heterocycles. The molecule has 0 aliphatic carbocycles. The smallest absolute Gasteiger partial charge is 0.293 e. The lowest BCUT2D eigenvalue weighted by atomic mass is 10.1. The Morgan fingerprint density at radius 1 is 1.13 bits per heavy atom. The predicted octanol–water partition coefficient (Wildman–Crippen LogP) is 5.18. The highest BCUT2D eigenvalue weighted by Crippen LogP contribution is 2.38. The molecule has 1 N–H and O–H groups in total. The standard InChI is InChI=1S/C22H22ClNO5S/c1-4-28-18-11-15(10-16(23)20(18)25)12-19-21(26)24(22(27)30-19)7-8-29-17-9-13(2)5-6-14(17)3/h5-6,9-12,25H,4,7-8H2,1-3H3/b19-12-. The molecule has 2 amide bonds. The van der Waals surface area contributed by atoms with Gasteiger partial charge in [-0.2, -0.15) is 0 Å². The molecule has 8 heteroatoms. The molecule has 0 atom stereocenters. The molecule has 1 heterocycles. The van der Waals surface area contributed by atoms with Crippen molar-refractivity contribution in [2.45, 2.75) is 20.8 Å². The van der Waals surface area contributed by atoms with Crippen molar-refractivity contribution in [3.63, 3.8) is 0 Å². The number of nitrogens with zero attached hydrogens (tertiary/aromatic N) is 1. The third-order valence-corrected chi connectivity index (χ3v) is 5.63. The maximum atomic E-state index is 12.7. The molecule has 0 bridgehead atoms. The zero-order valence-corrected chi connectivity index (χ0v) is 18.5. The number of aromatic hydroxyl groups is 1. The molecule has 3 rings (SSSR count). The first kappa shape index (κ1) is 22.1. The van der Waals surface area contributed by atoms with E-state index in [1.807, 2.05) is 32.0 Å². The van der Waals surface area contributed by atoms with Gasteiger partial charge in [-0.3, -0.25) is 14.5 Å². The van der Waals surface area contributed by atoms with E-state index in [-0.39, 0.29) is 39.8 Å². The van der Waals surface area contributed by atoms with E-state index in [0.29, 0.717) is 12.2 Å². The minimum atomic E-state index is -0.392.